The normalized spacial score (nSPS) is 12.7. The van der Waals surface area contributed by atoms with E-state index in [9.17, 15) is 8.78 Å². The largest absolute Gasteiger partial charge is 0.435 e. The minimum absolute atomic E-state index is 0.144. The van der Waals surface area contributed by atoms with E-state index < -0.39 is 6.61 Å². The molecule has 1 unspecified atom stereocenters. The number of ether oxygens (including phenoxy) is 1. The second kappa shape index (κ2) is 5.67. The number of halogens is 2. The monoisotopic (exact) mass is 283 g/mol. The minimum atomic E-state index is -2.80. The van der Waals surface area contributed by atoms with Crippen LogP contribution in [0.15, 0.2) is 30.3 Å². The lowest BCUT2D eigenvalue weighted by Gasteiger charge is -2.12. The molecule has 1 atom stereocenters. The summed E-state index contributed by atoms with van der Waals surface area (Å²) in [4.78, 5) is 2.31. The third-order valence-electron chi connectivity index (χ3n) is 2.83. The van der Waals surface area contributed by atoms with E-state index in [1.54, 1.807) is 23.5 Å². The number of alkyl halides is 2. The average Bonchev–Trinajstić information content (AvgIpc) is 2.68. The Bertz CT molecular complexity index is 551. The topological polar surface area (TPSA) is 35.2 Å². The molecule has 0 bridgehead atoms. The van der Waals surface area contributed by atoms with Gasteiger partial charge in [-0.05, 0) is 43.2 Å². The fourth-order valence-corrected chi connectivity index (χ4v) is 3.04. The van der Waals surface area contributed by atoms with Gasteiger partial charge in [0.15, 0.2) is 0 Å². The van der Waals surface area contributed by atoms with Crippen LogP contribution < -0.4 is 10.5 Å². The van der Waals surface area contributed by atoms with E-state index in [-0.39, 0.29) is 11.8 Å². The molecular formula is C14H15F2NOS. The van der Waals surface area contributed by atoms with Gasteiger partial charge in [-0.1, -0.05) is 12.1 Å². The van der Waals surface area contributed by atoms with Crippen molar-refractivity contribution in [1.82, 2.24) is 0 Å². The molecule has 2 aromatic rings. The minimum Gasteiger partial charge on any atom is -0.435 e. The first-order valence-corrected chi connectivity index (χ1v) is 6.66. The van der Waals surface area contributed by atoms with Crippen molar-refractivity contribution >= 4 is 11.3 Å². The van der Waals surface area contributed by atoms with E-state index >= 15 is 0 Å². The maximum atomic E-state index is 12.1. The number of benzene rings is 1. The molecule has 5 heteroatoms. The molecule has 1 heterocycles. The molecule has 2 N–H and O–H groups in total. The summed E-state index contributed by atoms with van der Waals surface area (Å²) in [5, 5.41) is 0. The van der Waals surface area contributed by atoms with Crippen LogP contribution in [-0.2, 0) is 0 Å². The first-order valence-electron chi connectivity index (χ1n) is 5.84. The Kier molecular flexibility index (Phi) is 4.17. The molecule has 0 aliphatic rings. The Balaban J connectivity index is 2.20. The van der Waals surface area contributed by atoms with E-state index in [2.05, 4.69) is 10.8 Å². The van der Waals surface area contributed by atoms with Crippen LogP contribution in [0.3, 0.4) is 0 Å². The van der Waals surface area contributed by atoms with E-state index in [1.807, 2.05) is 13.8 Å². The van der Waals surface area contributed by atoms with Crippen LogP contribution in [-0.4, -0.2) is 6.61 Å². The molecule has 2 rings (SSSR count). The molecule has 1 aromatic heterocycles. The van der Waals surface area contributed by atoms with Crippen LogP contribution in [0.2, 0.25) is 0 Å². The van der Waals surface area contributed by atoms with Crippen LogP contribution >= 0.6 is 11.3 Å². The van der Waals surface area contributed by atoms with Crippen LogP contribution in [0.1, 0.15) is 26.9 Å². The number of hydrogen-bond donors (Lipinski definition) is 1. The van der Waals surface area contributed by atoms with Gasteiger partial charge >= 0.3 is 6.61 Å². The fourth-order valence-electron chi connectivity index (χ4n) is 1.98. The molecule has 0 fully saturated rings. The molecule has 19 heavy (non-hydrogen) atoms. The Morgan fingerprint density at radius 3 is 2.26 bits per heavy atom. The summed E-state index contributed by atoms with van der Waals surface area (Å²) in [5.74, 6) is 0.144. The van der Waals surface area contributed by atoms with Crippen molar-refractivity contribution in [2.75, 3.05) is 0 Å². The summed E-state index contributed by atoms with van der Waals surface area (Å²) in [6.45, 7) is 1.25. The number of thiophene rings is 1. The quantitative estimate of drug-likeness (QED) is 0.920. The van der Waals surface area contributed by atoms with Gasteiger partial charge in [-0.3, -0.25) is 0 Å². The molecule has 0 saturated carbocycles. The maximum absolute atomic E-state index is 12.1. The molecule has 2 nitrogen and oxygen atoms in total. The first kappa shape index (κ1) is 14.0. The molecule has 0 spiro atoms. The SMILES string of the molecule is Cc1cc(C)c(C(N)c2ccc(OC(F)F)cc2)s1. The third kappa shape index (κ3) is 3.30. The maximum Gasteiger partial charge on any atom is 0.387 e. The van der Waals surface area contributed by atoms with Crippen molar-refractivity contribution in [2.24, 2.45) is 5.73 Å². The van der Waals surface area contributed by atoms with Crippen LogP contribution in [0, 0.1) is 13.8 Å². The number of hydrogen-bond acceptors (Lipinski definition) is 3. The van der Waals surface area contributed by atoms with Gasteiger partial charge in [-0.2, -0.15) is 8.78 Å². The number of nitrogens with two attached hydrogens (primary N) is 1. The summed E-state index contributed by atoms with van der Waals surface area (Å²) in [5.41, 5.74) is 8.24. The van der Waals surface area contributed by atoms with Gasteiger partial charge in [0.2, 0.25) is 0 Å². The van der Waals surface area contributed by atoms with Crippen molar-refractivity contribution in [2.45, 2.75) is 26.5 Å². The van der Waals surface area contributed by atoms with Crippen molar-refractivity contribution in [3.8, 4) is 5.75 Å². The summed E-state index contributed by atoms with van der Waals surface area (Å²) in [7, 11) is 0. The highest BCUT2D eigenvalue weighted by atomic mass is 32.1. The zero-order valence-corrected chi connectivity index (χ0v) is 11.5. The number of aryl methyl sites for hydroxylation is 2. The summed E-state index contributed by atoms with van der Waals surface area (Å²) in [6.07, 6.45) is 0. The highest BCUT2D eigenvalue weighted by molar-refractivity contribution is 7.12. The standard InChI is InChI=1S/C14H15F2NOS/c1-8-7-9(2)19-13(8)12(17)10-3-5-11(6-4-10)18-14(15)16/h3-7,12,14H,17H2,1-2H3. The lowest BCUT2D eigenvalue weighted by molar-refractivity contribution is -0.0498. The van der Waals surface area contributed by atoms with Crippen molar-refractivity contribution < 1.29 is 13.5 Å². The van der Waals surface area contributed by atoms with E-state index in [1.165, 1.54) is 17.0 Å². The second-order valence-corrected chi connectivity index (χ2v) is 5.62. The van der Waals surface area contributed by atoms with Crippen LogP contribution in [0.4, 0.5) is 8.78 Å². The van der Waals surface area contributed by atoms with Gasteiger partial charge in [-0.25, -0.2) is 0 Å². The van der Waals surface area contributed by atoms with Crippen LogP contribution in [0.25, 0.3) is 0 Å². The molecule has 1 aromatic carbocycles. The first-order chi connectivity index (χ1) is 8.97. The molecule has 0 aliphatic heterocycles. The lowest BCUT2D eigenvalue weighted by atomic mass is 10.0. The van der Waals surface area contributed by atoms with E-state index in [0.29, 0.717) is 0 Å². The van der Waals surface area contributed by atoms with Crippen LogP contribution in [0.5, 0.6) is 5.75 Å². The van der Waals surface area contributed by atoms with Gasteiger partial charge in [0.1, 0.15) is 5.75 Å². The molecule has 102 valence electrons. The zero-order chi connectivity index (χ0) is 14.0. The molecule has 0 radical (unpaired) electrons. The van der Waals surface area contributed by atoms with Crippen molar-refractivity contribution in [1.29, 1.82) is 0 Å². The summed E-state index contributed by atoms with van der Waals surface area (Å²) in [6, 6.07) is 8.32. The summed E-state index contributed by atoms with van der Waals surface area (Å²) >= 11 is 1.66. The average molecular weight is 283 g/mol. The van der Waals surface area contributed by atoms with Crippen molar-refractivity contribution in [3.05, 3.63) is 51.2 Å². The molecule has 0 saturated heterocycles. The Morgan fingerprint density at radius 2 is 1.79 bits per heavy atom. The van der Waals surface area contributed by atoms with E-state index in [4.69, 9.17) is 5.73 Å². The van der Waals surface area contributed by atoms with E-state index in [0.717, 1.165) is 16.0 Å². The lowest BCUT2D eigenvalue weighted by Crippen LogP contribution is -2.11. The Morgan fingerprint density at radius 1 is 1.16 bits per heavy atom. The highest BCUT2D eigenvalue weighted by Crippen LogP contribution is 2.31. The summed E-state index contributed by atoms with van der Waals surface area (Å²) < 4.78 is 28.4. The van der Waals surface area contributed by atoms with Crippen molar-refractivity contribution in [3.63, 3.8) is 0 Å². The molecule has 0 amide bonds. The predicted molar refractivity (Wildman–Crippen MR) is 72.9 cm³/mol. The zero-order valence-electron chi connectivity index (χ0n) is 10.7. The smallest absolute Gasteiger partial charge is 0.387 e. The van der Waals surface area contributed by atoms with Gasteiger partial charge < -0.3 is 10.5 Å². The fraction of sp³-hybridized carbons (Fsp3) is 0.286. The Labute approximate surface area is 114 Å². The molecular weight excluding hydrogens is 268 g/mol. The van der Waals surface area contributed by atoms with Gasteiger partial charge in [0, 0.05) is 9.75 Å². The van der Waals surface area contributed by atoms with Gasteiger partial charge in [-0.15, -0.1) is 11.3 Å². The second-order valence-electron chi connectivity index (χ2n) is 4.33. The van der Waals surface area contributed by atoms with Gasteiger partial charge in [0.05, 0.1) is 6.04 Å². The Hall–Kier alpha value is -1.46. The highest BCUT2D eigenvalue weighted by Gasteiger charge is 2.14. The number of rotatable bonds is 4. The third-order valence-corrected chi connectivity index (χ3v) is 4.06. The molecule has 0 aliphatic carbocycles. The predicted octanol–water partition coefficient (Wildman–Crippen LogP) is 4.01. The van der Waals surface area contributed by atoms with Gasteiger partial charge in [0.25, 0.3) is 0 Å².